The van der Waals surface area contributed by atoms with Gasteiger partial charge in [0.1, 0.15) is 6.61 Å². The summed E-state index contributed by atoms with van der Waals surface area (Å²) in [4.78, 5) is 7.74. The van der Waals surface area contributed by atoms with Gasteiger partial charge in [-0.25, -0.2) is 9.67 Å². The van der Waals surface area contributed by atoms with Crippen LogP contribution in [0.4, 0.5) is 0 Å². The molecule has 6 heteroatoms. The molecule has 0 unspecified atom stereocenters. The van der Waals surface area contributed by atoms with E-state index in [9.17, 15) is 0 Å². The van der Waals surface area contributed by atoms with Crippen LogP contribution in [0, 0.1) is 0 Å². The number of halogens is 1. The van der Waals surface area contributed by atoms with Crippen molar-refractivity contribution >= 4 is 27.0 Å². The van der Waals surface area contributed by atoms with Crippen molar-refractivity contribution in [2.45, 2.75) is 6.61 Å². The molecular weight excluding hydrogens is 356 g/mol. The Hall–Kier alpha value is -2.60. The number of H-pyrrole nitrogens is 1. The van der Waals surface area contributed by atoms with Gasteiger partial charge < -0.3 is 9.72 Å². The van der Waals surface area contributed by atoms with Crippen molar-refractivity contribution in [1.29, 1.82) is 0 Å². The lowest BCUT2D eigenvalue weighted by Gasteiger charge is -2.03. The van der Waals surface area contributed by atoms with Gasteiger partial charge in [0.15, 0.2) is 0 Å². The molecule has 0 spiro atoms. The molecule has 23 heavy (non-hydrogen) atoms. The molecule has 2 aromatic heterocycles. The second-order valence-electron chi connectivity index (χ2n) is 5.09. The second-order valence-corrected chi connectivity index (χ2v) is 6.01. The van der Waals surface area contributed by atoms with Crippen molar-refractivity contribution in [3.8, 4) is 11.8 Å². The Labute approximate surface area is 141 Å². The Morgan fingerprint density at radius 1 is 1.09 bits per heavy atom. The first kappa shape index (κ1) is 14.0. The standard InChI is InChI=1S/C17H13BrN4O/c18-13-5-3-4-12(10-13)11-23-16-8-9-22(21-16)17-19-14-6-1-2-7-15(14)20-17/h1-10H,11H2,(H,19,20). The monoisotopic (exact) mass is 368 g/mol. The molecule has 4 aromatic rings. The molecule has 114 valence electrons. The quantitative estimate of drug-likeness (QED) is 0.590. The number of rotatable bonds is 4. The lowest BCUT2D eigenvalue weighted by molar-refractivity contribution is 0.291. The smallest absolute Gasteiger partial charge is 0.233 e. The van der Waals surface area contributed by atoms with Crippen LogP contribution in [0.3, 0.4) is 0 Å². The molecule has 0 atom stereocenters. The highest BCUT2D eigenvalue weighted by Crippen LogP contribution is 2.17. The number of aromatic amines is 1. The normalized spacial score (nSPS) is 11.0. The van der Waals surface area contributed by atoms with Crippen LogP contribution in [0.25, 0.3) is 17.0 Å². The van der Waals surface area contributed by atoms with Crippen LogP contribution in [-0.2, 0) is 6.61 Å². The van der Waals surface area contributed by atoms with Crippen LogP contribution in [-0.4, -0.2) is 19.7 Å². The Bertz CT molecular complexity index is 927. The maximum absolute atomic E-state index is 5.73. The van der Waals surface area contributed by atoms with Crippen molar-refractivity contribution < 1.29 is 4.74 Å². The van der Waals surface area contributed by atoms with Crippen molar-refractivity contribution in [3.63, 3.8) is 0 Å². The Morgan fingerprint density at radius 3 is 2.87 bits per heavy atom. The largest absolute Gasteiger partial charge is 0.472 e. The SMILES string of the molecule is Brc1cccc(COc2ccn(-c3nc4ccccc4[nH]3)n2)c1. The summed E-state index contributed by atoms with van der Waals surface area (Å²) in [6, 6.07) is 17.7. The zero-order chi connectivity index (χ0) is 15.6. The highest BCUT2D eigenvalue weighted by Gasteiger charge is 2.07. The molecule has 5 nitrogen and oxygen atoms in total. The molecule has 0 aliphatic rings. The molecule has 0 saturated heterocycles. The van der Waals surface area contributed by atoms with E-state index < -0.39 is 0 Å². The molecule has 2 heterocycles. The first-order valence-electron chi connectivity index (χ1n) is 7.16. The fraction of sp³-hybridized carbons (Fsp3) is 0.0588. The molecule has 0 fully saturated rings. The summed E-state index contributed by atoms with van der Waals surface area (Å²) in [6.45, 7) is 0.469. The summed E-state index contributed by atoms with van der Waals surface area (Å²) in [7, 11) is 0. The molecule has 0 aliphatic heterocycles. The zero-order valence-corrected chi connectivity index (χ0v) is 13.7. The molecule has 0 amide bonds. The minimum Gasteiger partial charge on any atom is -0.472 e. The number of nitrogens with zero attached hydrogens (tertiary/aromatic N) is 3. The highest BCUT2D eigenvalue weighted by atomic mass is 79.9. The topological polar surface area (TPSA) is 55.7 Å². The number of imidazole rings is 1. The van der Waals surface area contributed by atoms with Gasteiger partial charge in [0.2, 0.25) is 11.8 Å². The predicted molar refractivity (Wildman–Crippen MR) is 91.7 cm³/mol. The summed E-state index contributed by atoms with van der Waals surface area (Å²) >= 11 is 3.45. The molecular formula is C17H13BrN4O. The summed E-state index contributed by atoms with van der Waals surface area (Å²) in [5, 5.41) is 4.40. The summed E-state index contributed by atoms with van der Waals surface area (Å²) < 4.78 is 8.44. The van der Waals surface area contributed by atoms with Gasteiger partial charge in [-0.3, -0.25) is 0 Å². The molecule has 0 bridgehead atoms. The van der Waals surface area contributed by atoms with Gasteiger partial charge in [-0.2, -0.15) is 0 Å². The third-order valence-corrected chi connectivity index (χ3v) is 3.93. The van der Waals surface area contributed by atoms with Crippen LogP contribution in [0.15, 0.2) is 65.3 Å². The number of hydrogen-bond donors (Lipinski definition) is 1. The average Bonchev–Trinajstić information content (AvgIpc) is 3.19. The van der Waals surface area contributed by atoms with Gasteiger partial charge in [-0.1, -0.05) is 40.2 Å². The fourth-order valence-electron chi connectivity index (χ4n) is 2.33. The minimum atomic E-state index is 0.469. The van der Waals surface area contributed by atoms with Crippen LogP contribution >= 0.6 is 15.9 Å². The summed E-state index contributed by atoms with van der Waals surface area (Å²) in [5.41, 5.74) is 2.97. The Kier molecular flexibility index (Phi) is 3.59. The second kappa shape index (κ2) is 5.89. The van der Waals surface area contributed by atoms with Gasteiger partial charge in [0.25, 0.3) is 0 Å². The maximum atomic E-state index is 5.73. The number of aromatic nitrogens is 4. The van der Waals surface area contributed by atoms with E-state index in [0.717, 1.165) is 21.1 Å². The molecule has 1 N–H and O–H groups in total. The van der Waals surface area contributed by atoms with E-state index in [0.29, 0.717) is 18.4 Å². The molecule has 0 aliphatic carbocycles. The average molecular weight is 369 g/mol. The first-order valence-corrected chi connectivity index (χ1v) is 7.95. The van der Waals surface area contributed by atoms with Crippen LogP contribution in [0.1, 0.15) is 5.56 Å². The van der Waals surface area contributed by atoms with E-state index in [1.807, 2.05) is 60.8 Å². The van der Waals surface area contributed by atoms with Crippen molar-refractivity contribution in [3.05, 3.63) is 70.8 Å². The number of ether oxygens (including phenoxy) is 1. The number of para-hydroxylation sites is 2. The van der Waals surface area contributed by atoms with E-state index in [-0.39, 0.29) is 0 Å². The lowest BCUT2D eigenvalue weighted by Crippen LogP contribution is -1.99. The lowest BCUT2D eigenvalue weighted by atomic mass is 10.2. The molecule has 4 rings (SSSR count). The molecule has 0 radical (unpaired) electrons. The zero-order valence-electron chi connectivity index (χ0n) is 12.1. The highest BCUT2D eigenvalue weighted by molar-refractivity contribution is 9.10. The Balaban J connectivity index is 1.52. The van der Waals surface area contributed by atoms with Crippen molar-refractivity contribution in [2.24, 2.45) is 0 Å². The van der Waals surface area contributed by atoms with E-state index in [1.54, 1.807) is 4.68 Å². The third kappa shape index (κ3) is 2.98. The minimum absolute atomic E-state index is 0.469. The number of benzene rings is 2. The van der Waals surface area contributed by atoms with E-state index in [2.05, 4.69) is 31.0 Å². The van der Waals surface area contributed by atoms with Crippen LogP contribution in [0.5, 0.6) is 5.88 Å². The third-order valence-electron chi connectivity index (χ3n) is 3.43. The van der Waals surface area contributed by atoms with E-state index in [1.165, 1.54) is 0 Å². The van der Waals surface area contributed by atoms with Crippen LogP contribution < -0.4 is 4.74 Å². The fourth-order valence-corrected chi connectivity index (χ4v) is 2.78. The van der Waals surface area contributed by atoms with Gasteiger partial charge >= 0.3 is 0 Å². The summed E-state index contributed by atoms with van der Waals surface area (Å²) in [6.07, 6.45) is 1.83. The number of hydrogen-bond acceptors (Lipinski definition) is 3. The van der Waals surface area contributed by atoms with Gasteiger partial charge in [0.05, 0.1) is 11.0 Å². The van der Waals surface area contributed by atoms with Gasteiger partial charge in [-0.05, 0) is 29.8 Å². The van der Waals surface area contributed by atoms with E-state index in [4.69, 9.17) is 4.74 Å². The summed E-state index contributed by atoms with van der Waals surface area (Å²) in [5.74, 6) is 1.23. The van der Waals surface area contributed by atoms with Gasteiger partial charge in [-0.15, -0.1) is 5.10 Å². The molecule has 0 saturated carbocycles. The predicted octanol–water partition coefficient (Wildman–Crippen LogP) is 4.09. The van der Waals surface area contributed by atoms with Crippen molar-refractivity contribution in [2.75, 3.05) is 0 Å². The van der Waals surface area contributed by atoms with Crippen LogP contribution in [0.2, 0.25) is 0 Å². The van der Waals surface area contributed by atoms with E-state index >= 15 is 0 Å². The maximum Gasteiger partial charge on any atom is 0.233 e. The first-order chi connectivity index (χ1) is 11.3. The number of fused-ring (bicyclic) bond motifs is 1. The number of nitrogens with one attached hydrogen (secondary N) is 1. The molecule has 2 aromatic carbocycles. The van der Waals surface area contributed by atoms with Gasteiger partial charge in [0, 0.05) is 16.7 Å². The Morgan fingerprint density at radius 2 is 2.00 bits per heavy atom. The van der Waals surface area contributed by atoms with Crippen molar-refractivity contribution in [1.82, 2.24) is 19.7 Å².